The summed E-state index contributed by atoms with van der Waals surface area (Å²) in [6.07, 6.45) is 4.36. The highest BCUT2D eigenvalue weighted by Crippen LogP contribution is 2.28. The van der Waals surface area contributed by atoms with Gasteiger partial charge in [-0.3, -0.25) is 9.59 Å². The zero-order valence-electron chi connectivity index (χ0n) is 12.7. The van der Waals surface area contributed by atoms with Gasteiger partial charge < -0.3 is 10.2 Å². The fourth-order valence-corrected chi connectivity index (χ4v) is 4.41. The van der Waals surface area contributed by atoms with Crippen LogP contribution >= 0.6 is 11.8 Å². The first-order chi connectivity index (χ1) is 9.54. The van der Waals surface area contributed by atoms with E-state index in [0.717, 1.165) is 13.0 Å². The minimum Gasteiger partial charge on any atom is -0.343 e. The lowest BCUT2D eigenvalue weighted by molar-refractivity contribution is -0.151. The topological polar surface area (TPSA) is 49.4 Å². The van der Waals surface area contributed by atoms with Gasteiger partial charge in [0, 0.05) is 11.8 Å². The Kier molecular flexibility index (Phi) is 5.35. The molecule has 2 rings (SSSR count). The molecule has 1 N–H and O–H groups in total. The van der Waals surface area contributed by atoms with Crippen LogP contribution in [-0.4, -0.2) is 46.3 Å². The number of nitrogens with one attached hydrogen (secondary N) is 1. The van der Waals surface area contributed by atoms with Crippen molar-refractivity contribution in [3.8, 4) is 0 Å². The quantitative estimate of drug-likeness (QED) is 0.864. The van der Waals surface area contributed by atoms with Crippen LogP contribution in [0.1, 0.15) is 46.5 Å². The molecule has 0 radical (unpaired) electrons. The molecule has 2 aliphatic heterocycles. The average Bonchev–Trinajstić information content (AvgIpc) is 2.43. The molecule has 2 amide bonds. The molecule has 3 atom stereocenters. The van der Waals surface area contributed by atoms with E-state index in [1.807, 2.05) is 37.4 Å². The zero-order valence-corrected chi connectivity index (χ0v) is 13.5. The van der Waals surface area contributed by atoms with Crippen molar-refractivity contribution in [2.75, 3.05) is 12.3 Å². The van der Waals surface area contributed by atoms with E-state index in [9.17, 15) is 9.59 Å². The Labute approximate surface area is 126 Å². The van der Waals surface area contributed by atoms with Gasteiger partial charge in [-0.2, -0.15) is 11.8 Å². The van der Waals surface area contributed by atoms with E-state index in [0.29, 0.717) is 11.7 Å². The Hall–Kier alpha value is -0.710. The Morgan fingerprint density at radius 2 is 2.10 bits per heavy atom. The van der Waals surface area contributed by atoms with Crippen LogP contribution in [0.15, 0.2) is 0 Å². The van der Waals surface area contributed by atoms with Crippen LogP contribution in [-0.2, 0) is 9.59 Å². The Balaban J connectivity index is 2.13. The van der Waals surface area contributed by atoms with Gasteiger partial charge in [-0.05, 0) is 30.9 Å². The van der Waals surface area contributed by atoms with Crippen molar-refractivity contribution in [3.63, 3.8) is 0 Å². The minimum absolute atomic E-state index is 0.0206. The average molecular weight is 298 g/mol. The molecule has 0 spiro atoms. The standard InChI is InChI=1S/C15H26N2O2S/c1-4-12-15(19)17(9-11-7-5-6-8-20-11)13(10(2)3)14(18)16-12/h10-13H,4-9H2,1-3H3,(H,16,18). The van der Waals surface area contributed by atoms with Crippen LogP contribution in [0.5, 0.6) is 0 Å². The monoisotopic (exact) mass is 298 g/mol. The number of amides is 2. The van der Waals surface area contributed by atoms with Gasteiger partial charge in [0.05, 0.1) is 0 Å². The molecule has 5 heteroatoms. The van der Waals surface area contributed by atoms with Crippen molar-refractivity contribution in [3.05, 3.63) is 0 Å². The van der Waals surface area contributed by atoms with Crippen molar-refractivity contribution in [1.82, 2.24) is 10.2 Å². The van der Waals surface area contributed by atoms with E-state index in [-0.39, 0.29) is 29.8 Å². The second-order valence-corrected chi connectivity index (χ2v) is 7.55. The van der Waals surface area contributed by atoms with Gasteiger partial charge in [0.25, 0.3) is 0 Å². The van der Waals surface area contributed by atoms with E-state index in [4.69, 9.17) is 0 Å². The van der Waals surface area contributed by atoms with Gasteiger partial charge in [0.2, 0.25) is 11.8 Å². The molecular weight excluding hydrogens is 272 g/mol. The van der Waals surface area contributed by atoms with Gasteiger partial charge >= 0.3 is 0 Å². The van der Waals surface area contributed by atoms with Gasteiger partial charge in [0.1, 0.15) is 12.1 Å². The second kappa shape index (κ2) is 6.83. The molecule has 0 bridgehead atoms. The smallest absolute Gasteiger partial charge is 0.245 e. The third kappa shape index (κ3) is 3.30. The van der Waals surface area contributed by atoms with Crippen LogP contribution in [0, 0.1) is 5.92 Å². The Morgan fingerprint density at radius 1 is 1.35 bits per heavy atom. The van der Waals surface area contributed by atoms with Crippen LogP contribution < -0.4 is 5.32 Å². The van der Waals surface area contributed by atoms with Crippen molar-refractivity contribution in [2.24, 2.45) is 5.92 Å². The van der Waals surface area contributed by atoms with Gasteiger partial charge in [-0.25, -0.2) is 0 Å². The Morgan fingerprint density at radius 3 is 2.65 bits per heavy atom. The molecule has 3 unspecified atom stereocenters. The first-order valence-corrected chi connectivity index (χ1v) is 8.82. The molecule has 0 aromatic rings. The number of carbonyl (C=O) groups excluding carboxylic acids is 2. The summed E-state index contributed by atoms with van der Waals surface area (Å²) >= 11 is 1.96. The lowest BCUT2D eigenvalue weighted by atomic mass is 9.95. The highest BCUT2D eigenvalue weighted by atomic mass is 32.2. The first kappa shape index (κ1) is 15.7. The maximum Gasteiger partial charge on any atom is 0.245 e. The maximum atomic E-state index is 12.6. The third-order valence-electron chi connectivity index (χ3n) is 4.22. The summed E-state index contributed by atoms with van der Waals surface area (Å²) < 4.78 is 0. The number of hydrogen-bond donors (Lipinski definition) is 1. The number of hydrogen-bond acceptors (Lipinski definition) is 3. The molecule has 0 aliphatic carbocycles. The van der Waals surface area contributed by atoms with Gasteiger partial charge in [-0.1, -0.05) is 27.2 Å². The van der Waals surface area contributed by atoms with Crippen LogP contribution in [0.2, 0.25) is 0 Å². The van der Waals surface area contributed by atoms with Gasteiger partial charge in [-0.15, -0.1) is 0 Å². The molecule has 0 aromatic heterocycles. The number of piperazine rings is 1. The zero-order chi connectivity index (χ0) is 14.7. The summed E-state index contributed by atoms with van der Waals surface area (Å²) in [6.45, 7) is 6.72. The molecule has 2 fully saturated rings. The normalized spacial score (nSPS) is 31.6. The van der Waals surface area contributed by atoms with Crippen molar-refractivity contribution >= 4 is 23.6 Å². The maximum absolute atomic E-state index is 12.6. The molecule has 2 heterocycles. The van der Waals surface area contributed by atoms with E-state index in [1.54, 1.807) is 0 Å². The van der Waals surface area contributed by atoms with Crippen LogP contribution in [0.3, 0.4) is 0 Å². The van der Waals surface area contributed by atoms with E-state index in [1.165, 1.54) is 18.6 Å². The number of nitrogens with zero attached hydrogens (tertiary/aromatic N) is 1. The summed E-state index contributed by atoms with van der Waals surface area (Å²) in [4.78, 5) is 26.7. The van der Waals surface area contributed by atoms with Crippen molar-refractivity contribution in [2.45, 2.75) is 63.8 Å². The summed E-state index contributed by atoms with van der Waals surface area (Å²) in [5.74, 6) is 1.47. The van der Waals surface area contributed by atoms with Crippen LogP contribution in [0.25, 0.3) is 0 Å². The van der Waals surface area contributed by atoms with Crippen molar-refractivity contribution < 1.29 is 9.59 Å². The highest BCUT2D eigenvalue weighted by molar-refractivity contribution is 7.99. The molecule has 2 aliphatic rings. The molecule has 2 saturated heterocycles. The molecule has 20 heavy (non-hydrogen) atoms. The summed E-state index contributed by atoms with van der Waals surface area (Å²) in [5, 5.41) is 3.38. The number of thioether (sulfide) groups is 1. The summed E-state index contributed by atoms with van der Waals surface area (Å²) in [7, 11) is 0. The molecule has 4 nitrogen and oxygen atoms in total. The first-order valence-electron chi connectivity index (χ1n) is 7.77. The van der Waals surface area contributed by atoms with Crippen LogP contribution in [0.4, 0.5) is 0 Å². The molecule has 0 saturated carbocycles. The van der Waals surface area contributed by atoms with Crippen molar-refractivity contribution in [1.29, 1.82) is 0 Å². The largest absolute Gasteiger partial charge is 0.343 e. The number of carbonyl (C=O) groups is 2. The fourth-order valence-electron chi connectivity index (χ4n) is 3.11. The lowest BCUT2D eigenvalue weighted by Crippen LogP contribution is -2.65. The molecule has 0 aromatic carbocycles. The predicted molar refractivity (Wildman–Crippen MR) is 82.7 cm³/mol. The molecular formula is C15H26N2O2S. The van der Waals surface area contributed by atoms with E-state index in [2.05, 4.69) is 5.32 Å². The fraction of sp³-hybridized carbons (Fsp3) is 0.867. The number of rotatable bonds is 4. The van der Waals surface area contributed by atoms with Gasteiger partial charge in [0.15, 0.2) is 0 Å². The third-order valence-corrected chi connectivity index (χ3v) is 5.60. The SMILES string of the molecule is CCC1NC(=O)C(C(C)C)N(CC2CCCCS2)C1=O. The molecule has 114 valence electrons. The Bertz CT molecular complexity index is 367. The lowest BCUT2D eigenvalue weighted by Gasteiger charge is -2.42. The highest BCUT2D eigenvalue weighted by Gasteiger charge is 2.42. The summed E-state index contributed by atoms with van der Waals surface area (Å²) in [5.41, 5.74) is 0. The minimum atomic E-state index is -0.328. The predicted octanol–water partition coefficient (Wildman–Crippen LogP) is 2.03. The summed E-state index contributed by atoms with van der Waals surface area (Å²) in [6, 6.07) is -0.626. The second-order valence-electron chi connectivity index (χ2n) is 6.14. The van der Waals surface area contributed by atoms with E-state index >= 15 is 0 Å². The van der Waals surface area contributed by atoms with E-state index < -0.39 is 0 Å².